The Labute approximate surface area is 121 Å². The van der Waals surface area contributed by atoms with E-state index in [1.807, 2.05) is 39.0 Å². The van der Waals surface area contributed by atoms with Crippen molar-refractivity contribution in [2.45, 2.75) is 26.8 Å². The molecule has 112 valence electrons. The van der Waals surface area contributed by atoms with Crippen molar-refractivity contribution < 1.29 is 9.53 Å². The van der Waals surface area contributed by atoms with Gasteiger partial charge >= 0.3 is 0 Å². The first-order valence-electron chi connectivity index (χ1n) is 6.90. The Morgan fingerprint density at radius 2 is 2.20 bits per heavy atom. The van der Waals surface area contributed by atoms with Crippen molar-refractivity contribution >= 4 is 17.3 Å². The molecule has 0 aliphatic rings. The lowest BCUT2D eigenvalue weighted by atomic mass is 10.1. The SMILES string of the molecule is CCN(CCOC)C(C)C(=O)Nc1cccc(N)c1C. The molecule has 0 bridgehead atoms. The predicted octanol–water partition coefficient (Wildman–Crippen LogP) is 1.87. The lowest BCUT2D eigenvalue weighted by Crippen LogP contribution is -2.43. The Morgan fingerprint density at radius 3 is 2.80 bits per heavy atom. The van der Waals surface area contributed by atoms with Crippen molar-refractivity contribution in [3.05, 3.63) is 23.8 Å². The fourth-order valence-corrected chi connectivity index (χ4v) is 2.03. The minimum absolute atomic E-state index is 0.0309. The maximum absolute atomic E-state index is 12.3. The molecule has 1 rings (SSSR count). The molecule has 5 heteroatoms. The van der Waals surface area contributed by atoms with E-state index in [9.17, 15) is 4.79 Å². The quantitative estimate of drug-likeness (QED) is 0.748. The summed E-state index contributed by atoms with van der Waals surface area (Å²) in [5.41, 5.74) is 8.19. The molecular formula is C15H25N3O2. The third-order valence-corrected chi connectivity index (χ3v) is 3.55. The second-order valence-corrected chi connectivity index (χ2v) is 4.81. The van der Waals surface area contributed by atoms with Gasteiger partial charge in [-0.25, -0.2) is 0 Å². The van der Waals surface area contributed by atoms with Crippen LogP contribution in [0.2, 0.25) is 0 Å². The average molecular weight is 279 g/mol. The Morgan fingerprint density at radius 1 is 1.50 bits per heavy atom. The minimum atomic E-state index is -0.212. The first-order valence-corrected chi connectivity index (χ1v) is 6.90. The van der Waals surface area contributed by atoms with Crippen LogP contribution >= 0.6 is 0 Å². The molecule has 0 fully saturated rings. The second-order valence-electron chi connectivity index (χ2n) is 4.81. The zero-order valence-electron chi connectivity index (χ0n) is 12.8. The molecule has 1 aromatic carbocycles. The number of amides is 1. The van der Waals surface area contributed by atoms with Crippen LogP contribution in [0.4, 0.5) is 11.4 Å². The van der Waals surface area contributed by atoms with Crippen LogP contribution in [0.25, 0.3) is 0 Å². The Bertz CT molecular complexity index is 449. The first-order chi connectivity index (χ1) is 9.51. The van der Waals surface area contributed by atoms with Crippen molar-refractivity contribution in [1.29, 1.82) is 0 Å². The molecule has 5 nitrogen and oxygen atoms in total. The lowest BCUT2D eigenvalue weighted by Gasteiger charge is -2.26. The number of nitrogen functional groups attached to an aromatic ring is 1. The Kier molecular flexibility index (Phi) is 6.48. The molecule has 20 heavy (non-hydrogen) atoms. The maximum Gasteiger partial charge on any atom is 0.241 e. The summed E-state index contributed by atoms with van der Waals surface area (Å²) in [4.78, 5) is 14.4. The molecule has 0 saturated carbocycles. The van der Waals surface area contributed by atoms with Crippen LogP contribution < -0.4 is 11.1 Å². The fourth-order valence-electron chi connectivity index (χ4n) is 2.03. The number of benzene rings is 1. The van der Waals surface area contributed by atoms with Crippen LogP contribution in [0.15, 0.2) is 18.2 Å². The number of likely N-dealkylation sites (N-methyl/N-ethyl adjacent to an activating group) is 1. The zero-order valence-corrected chi connectivity index (χ0v) is 12.8. The van der Waals surface area contributed by atoms with Gasteiger partial charge < -0.3 is 15.8 Å². The second kappa shape index (κ2) is 7.87. The third kappa shape index (κ3) is 4.21. The smallest absolute Gasteiger partial charge is 0.241 e. The molecule has 0 spiro atoms. The largest absolute Gasteiger partial charge is 0.398 e. The van der Waals surface area contributed by atoms with Crippen molar-refractivity contribution in [3.63, 3.8) is 0 Å². The molecule has 1 amide bonds. The molecule has 0 aliphatic heterocycles. The number of ether oxygens (including phenoxy) is 1. The summed E-state index contributed by atoms with van der Waals surface area (Å²) < 4.78 is 5.07. The molecule has 0 saturated heterocycles. The highest BCUT2D eigenvalue weighted by Gasteiger charge is 2.20. The van der Waals surface area contributed by atoms with Crippen molar-refractivity contribution in [2.75, 3.05) is 37.9 Å². The average Bonchev–Trinajstić information content (AvgIpc) is 2.44. The van der Waals surface area contributed by atoms with Crippen molar-refractivity contribution in [3.8, 4) is 0 Å². The van der Waals surface area contributed by atoms with E-state index in [-0.39, 0.29) is 11.9 Å². The summed E-state index contributed by atoms with van der Waals surface area (Å²) in [5.74, 6) is -0.0309. The monoisotopic (exact) mass is 279 g/mol. The van der Waals surface area contributed by atoms with Gasteiger partial charge in [0.2, 0.25) is 5.91 Å². The van der Waals surface area contributed by atoms with Gasteiger partial charge in [-0.2, -0.15) is 0 Å². The van der Waals surface area contributed by atoms with Crippen LogP contribution in [-0.4, -0.2) is 43.7 Å². The van der Waals surface area contributed by atoms with Crippen molar-refractivity contribution in [1.82, 2.24) is 4.90 Å². The number of hydrogen-bond acceptors (Lipinski definition) is 4. The van der Waals surface area contributed by atoms with Crippen LogP contribution in [0.3, 0.4) is 0 Å². The summed E-state index contributed by atoms with van der Waals surface area (Å²) in [6.45, 7) is 7.98. The number of nitrogens with one attached hydrogen (secondary N) is 1. The first kappa shape index (κ1) is 16.5. The van der Waals surface area contributed by atoms with Crippen LogP contribution in [0.5, 0.6) is 0 Å². The molecule has 0 aliphatic carbocycles. The number of nitrogens with two attached hydrogens (primary N) is 1. The standard InChI is InChI=1S/C15H25N3O2/c1-5-18(9-10-20-4)12(3)15(19)17-14-8-6-7-13(16)11(14)2/h6-8,12H,5,9-10,16H2,1-4H3,(H,17,19). The molecule has 0 aromatic heterocycles. The number of rotatable bonds is 7. The van der Waals surface area contributed by atoms with Gasteiger partial charge in [-0.1, -0.05) is 13.0 Å². The van der Waals surface area contributed by atoms with Crippen LogP contribution in [0, 0.1) is 6.92 Å². The van der Waals surface area contributed by atoms with E-state index < -0.39 is 0 Å². The van der Waals surface area contributed by atoms with Gasteiger partial charge in [0.15, 0.2) is 0 Å². The van der Waals surface area contributed by atoms with E-state index in [1.54, 1.807) is 7.11 Å². The number of carbonyl (C=O) groups is 1. The van der Waals surface area contributed by atoms with Gasteiger partial charge in [0.25, 0.3) is 0 Å². The molecule has 3 N–H and O–H groups in total. The summed E-state index contributed by atoms with van der Waals surface area (Å²) >= 11 is 0. The number of nitrogens with zero attached hydrogens (tertiary/aromatic N) is 1. The van der Waals surface area contributed by atoms with E-state index >= 15 is 0 Å². The van der Waals surface area contributed by atoms with E-state index in [2.05, 4.69) is 10.2 Å². The van der Waals surface area contributed by atoms with Gasteiger partial charge in [0.1, 0.15) is 0 Å². The van der Waals surface area contributed by atoms with E-state index in [0.717, 1.165) is 24.3 Å². The van der Waals surface area contributed by atoms with Gasteiger partial charge in [0.05, 0.1) is 12.6 Å². The summed E-state index contributed by atoms with van der Waals surface area (Å²) in [6, 6.07) is 5.31. The lowest BCUT2D eigenvalue weighted by molar-refractivity contribution is -0.120. The maximum atomic E-state index is 12.3. The highest BCUT2D eigenvalue weighted by Crippen LogP contribution is 2.20. The van der Waals surface area contributed by atoms with E-state index in [0.29, 0.717) is 12.3 Å². The highest BCUT2D eigenvalue weighted by molar-refractivity contribution is 5.95. The van der Waals surface area contributed by atoms with Crippen LogP contribution in [0.1, 0.15) is 19.4 Å². The fraction of sp³-hybridized carbons (Fsp3) is 0.533. The third-order valence-electron chi connectivity index (χ3n) is 3.55. The minimum Gasteiger partial charge on any atom is -0.398 e. The summed E-state index contributed by atoms with van der Waals surface area (Å²) in [7, 11) is 1.66. The molecular weight excluding hydrogens is 254 g/mol. The Hall–Kier alpha value is -1.59. The van der Waals surface area contributed by atoms with Gasteiger partial charge in [-0.05, 0) is 38.1 Å². The summed E-state index contributed by atoms with van der Waals surface area (Å²) in [6.07, 6.45) is 0. The van der Waals surface area contributed by atoms with E-state index in [1.165, 1.54) is 0 Å². The molecule has 0 heterocycles. The Balaban J connectivity index is 2.71. The predicted molar refractivity (Wildman–Crippen MR) is 82.8 cm³/mol. The zero-order chi connectivity index (χ0) is 15.1. The van der Waals surface area contributed by atoms with Crippen molar-refractivity contribution in [2.24, 2.45) is 0 Å². The molecule has 1 atom stereocenters. The van der Waals surface area contributed by atoms with E-state index in [4.69, 9.17) is 10.5 Å². The number of carbonyl (C=O) groups excluding carboxylic acids is 1. The number of methoxy groups -OCH3 is 1. The molecule has 1 unspecified atom stereocenters. The van der Waals surface area contributed by atoms with Gasteiger partial charge in [0, 0.05) is 25.0 Å². The number of hydrogen-bond donors (Lipinski definition) is 2. The van der Waals surface area contributed by atoms with Gasteiger partial charge in [-0.15, -0.1) is 0 Å². The number of anilines is 2. The molecule has 1 aromatic rings. The van der Waals surface area contributed by atoms with Gasteiger partial charge in [-0.3, -0.25) is 9.69 Å². The summed E-state index contributed by atoms with van der Waals surface area (Å²) in [5, 5.41) is 2.94. The topological polar surface area (TPSA) is 67.6 Å². The molecule has 0 radical (unpaired) electrons. The highest BCUT2D eigenvalue weighted by atomic mass is 16.5. The van der Waals surface area contributed by atoms with Crippen LogP contribution in [-0.2, 0) is 9.53 Å². The normalized spacial score (nSPS) is 12.4.